The van der Waals surface area contributed by atoms with Crippen LogP contribution in [0.2, 0.25) is 0 Å². The number of amides is 1. The summed E-state index contributed by atoms with van der Waals surface area (Å²) in [5.74, 6) is 0.521. The molecule has 0 aromatic heterocycles. The second-order valence-electron chi connectivity index (χ2n) is 7.64. The number of ether oxygens (including phenoxy) is 1. The van der Waals surface area contributed by atoms with E-state index in [9.17, 15) is 9.18 Å². The second-order valence-corrected chi connectivity index (χ2v) is 8.25. The van der Waals surface area contributed by atoms with Crippen LogP contribution < -0.4 is 9.46 Å². The van der Waals surface area contributed by atoms with Crippen LogP contribution in [-0.2, 0) is 6.54 Å². The number of hydrogen-bond acceptors (Lipinski definition) is 4. The van der Waals surface area contributed by atoms with Gasteiger partial charge in [-0.25, -0.2) is 4.39 Å². The van der Waals surface area contributed by atoms with Gasteiger partial charge in [-0.2, -0.15) is 0 Å². The number of terminal acetylenes is 1. The fourth-order valence-electron chi connectivity index (χ4n) is 3.69. The number of likely N-dealkylation sites (tertiary alicyclic amines) is 1. The summed E-state index contributed by atoms with van der Waals surface area (Å²) in [4.78, 5) is 14.5. The summed E-state index contributed by atoms with van der Waals surface area (Å²) in [6.07, 6.45) is 11.9. The number of nitrogens with one attached hydrogen (secondary N) is 1. The second kappa shape index (κ2) is 10.5. The first-order valence-electron chi connectivity index (χ1n) is 10.0. The van der Waals surface area contributed by atoms with E-state index in [2.05, 4.69) is 46.7 Å². The highest BCUT2D eigenvalue weighted by atomic mass is 32.2. The molecule has 1 saturated heterocycles. The zero-order chi connectivity index (χ0) is 21.5. The first-order chi connectivity index (χ1) is 14.6. The highest BCUT2D eigenvalue weighted by Gasteiger charge is 2.31. The molecule has 2 aliphatic rings. The van der Waals surface area contributed by atoms with E-state index in [-0.39, 0.29) is 5.56 Å². The van der Waals surface area contributed by atoms with Crippen molar-refractivity contribution in [1.29, 1.82) is 0 Å². The molecule has 0 bridgehead atoms. The van der Waals surface area contributed by atoms with Gasteiger partial charge in [0.05, 0.1) is 12.2 Å². The number of carbonyl (C=O) groups is 1. The van der Waals surface area contributed by atoms with Gasteiger partial charge >= 0.3 is 0 Å². The molecule has 4 rings (SSSR count). The minimum absolute atomic E-state index is 0.0984. The minimum Gasteiger partial charge on any atom is -0.493 e. The maximum absolute atomic E-state index is 14.5. The minimum atomic E-state index is -0.523. The van der Waals surface area contributed by atoms with E-state index in [0.717, 1.165) is 38.0 Å². The Kier molecular flexibility index (Phi) is 7.78. The van der Waals surface area contributed by atoms with E-state index in [4.69, 9.17) is 4.74 Å². The van der Waals surface area contributed by atoms with Crippen molar-refractivity contribution in [2.75, 3.05) is 26.0 Å². The Morgan fingerprint density at radius 2 is 1.93 bits per heavy atom. The van der Waals surface area contributed by atoms with E-state index in [1.807, 2.05) is 6.07 Å². The molecule has 2 aromatic rings. The highest BCUT2D eigenvalue weighted by Crippen LogP contribution is 2.45. The number of benzene rings is 2. The lowest BCUT2D eigenvalue weighted by Crippen LogP contribution is -2.48. The Bertz CT molecular complexity index is 878. The van der Waals surface area contributed by atoms with Crippen LogP contribution in [0.25, 0.3) is 0 Å². The Morgan fingerprint density at radius 3 is 2.57 bits per heavy atom. The molecule has 2 aromatic carbocycles. The first-order valence-corrected chi connectivity index (χ1v) is 11.3. The molecule has 1 heterocycles. The van der Waals surface area contributed by atoms with Crippen LogP contribution in [0.5, 0.6) is 5.75 Å². The summed E-state index contributed by atoms with van der Waals surface area (Å²) in [5.41, 5.74) is 2.38. The SMILES string of the molecule is C#C.CSNC(=O)c1cc(C2CC2)c(OCC2CN(Cc3ccccc3)C2)cc1F. The molecule has 0 radical (unpaired) electrons. The first kappa shape index (κ1) is 22.2. The van der Waals surface area contributed by atoms with Crippen molar-refractivity contribution in [3.05, 3.63) is 65.0 Å². The van der Waals surface area contributed by atoms with Gasteiger partial charge in [0.1, 0.15) is 11.6 Å². The standard InChI is InChI=1S/C22H25FN2O2S.C2H2/c1-28-24-22(26)19-9-18(17-7-8-17)21(10-20(19)23)27-14-16-12-25(13-16)11-15-5-3-2-4-6-15;1-2/h2-6,9-10,16-17H,7-8,11-14H2,1H3,(H,24,26);1-2H. The summed E-state index contributed by atoms with van der Waals surface area (Å²) in [5, 5.41) is 0. The predicted octanol–water partition coefficient (Wildman–Crippen LogP) is 4.47. The Labute approximate surface area is 182 Å². The van der Waals surface area contributed by atoms with Gasteiger partial charge in [-0.15, -0.1) is 12.8 Å². The van der Waals surface area contributed by atoms with Crippen molar-refractivity contribution in [1.82, 2.24) is 9.62 Å². The van der Waals surface area contributed by atoms with Crippen molar-refractivity contribution >= 4 is 17.9 Å². The van der Waals surface area contributed by atoms with Crippen LogP contribution in [0, 0.1) is 24.6 Å². The molecular formula is C24H27FN2O2S. The summed E-state index contributed by atoms with van der Waals surface area (Å²) in [7, 11) is 0. The van der Waals surface area contributed by atoms with Crippen molar-refractivity contribution < 1.29 is 13.9 Å². The summed E-state index contributed by atoms with van der Waals surface area (Å²) < 4.78 is 23.1. The number of rotatable bonds is 8. The third-order valence-electron chi connectivity index (χ3n) is 5.31. The van der Waals surface area contributed by atoms with Crippen molar-refractivity contribution in [3.63, 3.8) is 0 Å². The van der Waals surface area contributed by atoms with Gasteiger partial charge in [-0.05, 0) is 36.0 Å². The average molecular weight is 427 g/mol. The zero-order valence-corrected chi connectivity index (χ0v) is 18.0. The van der Waals surface area contributed by atoms with Crippen LogP contribution in [0.3, 0.4) is 0 Å². The maximum Gasteiger partial charge on any atom is 0.264 e. The van der Waals surface area contributed by atoms with Crippen LogP contribution in [-0.4, -0.2) is 36.8 Å². The van der Waals surface area contributed by atoms with Gasteiger partial charge in [-0.3, -0.25) is 14.4 Å². The molecule has 0 spiro atoms. The Morgan fingerprint density at radius 1 is 1.23 bits per heavy atom. The lowest BCUT2D eigenvalue weighted by Gasteiger charge is -2.39. The van der Waals surface area contributed by atoms with Gasteiger partial charge in [-0.1, -0.05) is 42.3 Å². The van der Waals surface area contributed by atoms with Crippen LogP contribution in [0.15, 0.2) is 42.5 Å². The smallest absolute Gasteiger partial charge is 0.264 e. The van der Waals surface area contributed by atoms with E-state index < -0.39 is 11.7 Å². The Balaban J connectivity index is 0.00000124. The third-order valence-corrected chi connectivity index (χ3v) is 5.70. The summed E-state index contributed by atoms with van der Waals surface area (Å²) in [6.45, 7) is 3.52. The molecule has 4 nitrogen and oxygen atoms in total. The van der Waals surface area contributed by atoms with Gasteiger partial charge in [0.15, 0.2) is 0 Å². The van der Waals surface area contributed by atoms with Gasteiger partial charge in [0.2, 0.25) is 0 Å². The zero-order valence-electron chi connectivity index (χ0n) is 17.1. The summed E-state index contributed by atoms with van der Waals surface area (Å²) in [6, 6.07) is 13.5. The molecule has 158 valence electrons. The quantitative estimate of drug-likeness (QED) is 0.500. The number of nitrogens with zero attached hydrogens (tertiary/aromatic N) is 1. The molecule has 1 aliphatic heterocycles. The maximum atomic E-state index is 14.5. The molecule has 1 saturated carbocycles. The highest BCUT2D eigenvalue weighted by molar-refractivity contribution is 7.97. The largest absolute Gasteiger partial charge is 0.493 e. The number of hydrogen-bond donors (Lipinski definition) is 1. The average Bonchev–Trinajstić information content (AvgIpc) is 3.57. The molecular weight excluding hydrogens is 399 g/mol. The number of carbonyl (C=O) groups excluding carboxylic acids is 1. The van der Waals surface area contributed by atoms with Crippen LogP contribution >= 0.6 is 11.9 Å². The molecule has 0 atom stereocenters. The molecule has 1 aliphatic carbocycles. The summed E-state index contributed by atoms with van der Waals surface area (Å²) >= 11 is 1.17. The van der Waals surface area contributed by atoms with Gasteiger partial charge in [0, 0.05) is 37.9 Å². The van der Waals surface area contributed by atoms with Crippen molar-refractivity contribution in [2.24, 2.45) is 5.92 Å². The van der Waals surface area contributed by atoms with Crippen LogP contribution in [0.1, 0.15) is 40.2 Å². The van der Waals surface area contributed by atoms with Crippen LogP contribution in [0.4, 0.5) is 4.39 Å². The van der Waals surface area contributed by atoms with Crippen molar-refractivity contribution in [2.45, 2.75) is 25.3 Å². The number of halogens is 1. The lowest BCUT2D eigenvalue weighted by atomic mass is 10.00. The fourth-order valence-corrected chi connectivity index (χ4v) is 3.99. The van der Waals surface area contributed by atoms with Crippen molar-refractivity contribution in [3.8, 4) is 18.6 Å². The molecule has 1 N–H and O–H groups in total. The molecule has 1 amide bonds. The molecule has 30 heavy (non-hydrogen) atoms. The molecule has 2 fully saturated rings. The monoisotopic (exact) mass is 426 g/mol. The predicted molar refractivity (Wildman–Crippen MR) is 120 cm³/mol. The molecule has 0 unspecified atom stereocenters. The fraction of sp³-hybridized carbons (Fsp3) is 0.375. The molecule has 6 heteroatoms. The van der Waals surface area contributed by atoms with E-state index in [1.165, 1.54) is 23.6 Å². The van der Waals surface area contributed by atoms with Gasteiger partial charge < -0.3 is 4.74 Å². The van der Waals surface area contributed by atoms with E-state index in [1.54, 1.807) is 12.3 Å². The van der Waals surface area contributed by atoms with Gasteiger partial charge in [0.25, 0.3) is 5.91 Å². The third kappa shape index (κ3) is 5.56. The van der Waals surface area contributed by atoms with E-state index in [0.29, 0.717) is 24.2 Å². The topological polar surface area (TPSA) is 41.6 Å². The Hall–Kier alpha value is -2.49. The van der Waals surface area contributed by atoms with E-state index >= 15 is 0 Å². The lowest BCUT2D eigenvalue weighted by molar-refractivity contribution is 0.0554. The normalized spacial score (nSPS) is 16.1.